The number of ketones is 1. The topological polar surface area (TPSA) is 34.9 Å². The van der Waals surface area contributed by atoms with Gasteiger partial charge in [-0.05, 0) is 37.8 Å². The molecule has 0 atom stereocenters. The number of rotatable bonds is 4. The van der Waals surface area contributed by atoms with Crippen LogP contribution in [0.15, 0.2) is 11.4 Å². The first kappa shape index (κ1) is 13.3. The Morgan fingerprint density at radius 3 is 2.78 bits per heavy atom. The highest BCUT2D eigenvalue weighted by molar-refractivity contribution is 7.12. The molecule has 5 heteroatoms. The molecule has 18 heavy (non-hydrogen) atoms. The summed E-state index contributed by atoms with van der Waals surface area (Å²) in [7, 11) is 0. The number of Topliss-reactive ketones (excluding diaryl/α,β-unsaturated/α-hetero) is 1. The molecule has 0 unspecified atom stereocenters. The Bertz CT molecular complexity index is 586. The van der Waals surface area contributed by atoms with Gasteiger partial charge in [0.15, 0.2) is 5.78 Å². The molecule has 0 saturated carbocycles. The van der Waals surface area contributed by atoms with Gasteiger partial charge in [-0.2, -0.15) is 5.10 Å². The van der Waals surface area contributed by atoms with Crippen molar-refractivity contribution in [3.63, 3.8) is 0 Å². The third-order valence-corrected chi connectivity index (χ3v) is 4.45. The van der Waals surface area contributed by atoms with Gasteiger partial charge < -0.3 is 0 Å². The van der Waals surface area contributed by atoms with E-state index in [4.69, 9.17) is 11.6 Å². The van der Waals surface area contributed by atoms with Crippen LogP contribution in [-0.2, 0) is 13.0 Å². The maximum absolute atomic E-state index is 12.2. The number of thiophene rings is 1. The van der Waals surface area contributed by atoms with Crippen molar-refractivity contribution >= 4 is 28.7 Å². The zero-order chi connectivity index (χ0) is 13.3. The van der Waals surface area contributed by atoms with Gasteiger partial charge in [0.05, 0.1) is 27.7 Å². The molecule has 0 saturated heterocycles. The van der Waals surface area contributed by atoms with Gasteiger partial charge >= 0.3 is 0 Å². The quantitative estimate of drug-likeness (QED) is 0.802. The van der Waals surface area contributed by atoms with E-state index in [0.29, 0.717) is 11.4 Å². The molecule has 0 aliphatic rings. The highest BCUT2D eigenvalue weighted by atomic mass is 35.5. The van der Waals surface area contributed by atoms with Gasteiger partial charge in [0.25, 0.3) is 0 Å². The van der Waals surface area contributed by atoms with Crippen LogP contribution < -0.4 is 0 Å². The zero-order valence-corrected chi connectivity index (χ0v) is 12.2. The lowest BCUT2D eigenvalue weighted by Crippen LogP contribution is -2.09. The highest BCUT2D eigenvalue weighted by Gasteiger charge is 2.18. The molecule has 2 aromatic heterocycles. The van der Waals surface area contributed by atoms with Crippen molar-refractivity contribution < 1.29 is 4.79 Å². The predicted octanol–water partition coefficient (Wildman–Crippen LogP) is 3.66. The van der Waals surface area contributed by atoms with Gasteiger partial charge in [-0.15, -0.1) is 11.3 Å². The predicted molar refractivity (Wildman–Crippen MR) is 74.7 cm³/mol. The monoisotopic (exact) mass is 282 g/mol. The van der Waals surface area contributed by atoms with Crippen LogP contribution in [0.1, 0.15) is 33.5 Å². The van der Waals surface area contributed by atoms with Gasteiger partial charge in [-0.1, -0.05) is 11.6 Å². The third kappa shape index (κ3) is 2.35. The van der Waals surface area contributed by atoms with Crippen LogP contribution in [0.25, 0.3) is 0 Å². The molecule has 2 heterocycles. The summed E-state index contributed by atoms with van der Waals surface area (Å²) in [6.07, 6.45) is 0.314. The number of aromatic nitrogens is 2. The van der Waals surface area contributed by atoms with Gasteiger partial charge in [0, 0.05) is 6.54 Å². The summed E-state index contributed by atoms with van der Waals surface area (Å²) in [4.78, 5) is 13.0. The standard InChI is InChI=1S/C13H15ClN2OS/c1-4-16-10(12(14)9(3)15-16)7-11(17)13-8(2)5-6-18-13/h5-6H,4,7H2,1-3H3. The third-order valence-electron chi connectivity index (χ3n) is 2.90. The van der Waals surface area contributed by atoms with Gasteiger partial charge in [0.1, 0.15) is 0 Å². The fourth-order valence-corrected chi connectivity index (χ4v) is 3.00. The number of carbonyl (C=O) groups is 1. The fraction of sp³-hybridized carbons (Fsp3) is 0.385. The van der Waals surface area contributed by atoms with Crippen molar-refractivity contribution in [3.8, 4) is 0 Å². The highest BCUT2D eigenvalue weighted by Crippen LogP contribution is 2.24. The van der Waals surface area contributed by atoms with Crippen LogP contribution >= 0.6 is 22.9 Å². The minimum absolute atomic E-state index is 0.110. The molecule has 0 fully saturated rings. The van der Waals surface area contributed by atoms with Crippen molar-refractivity contribution in [1.82, 2.24) is 9.78 Å². The summed E-state index contributed by atoms with van der Waals surface area (Å²) >= 11 is 7.69. The van der Waals surface area contributed by atoms with E-state index in [1.54, 1.807) is 4.68 Å². The van der Waals surface area contributed by atoms with Crippen LogP contribution in [-0.4, -0.2) is 15.6 Å². The van der Waals surface area contributed by atoms with Gasteiger partial charge in [0.2, 0.25) is 0 Å². The van der Waals surface area contributed by atoms with E-state index in [0.717, 1.165) is 28.4 Å². The van der Waals surface area contributed by atoms with Crippen molar-refractivity contribution in [3.05, 3.63) is 38.3 Å². The van der Waals surface area contributed by atoms with E-state index in [9.17, 15) is 4.79 Å². The summed E-state index contributed by atoms with van der Waals surface area (Å²) < 4.78 is 1.80. The van der Waals surface area contributed by atoms with Crippen LogP contribution in [0.4, 0.5) is 0 Å². The molecule has 0 amide bonds. The Morgan fingerprint density at radius 1 is 1.50 bits per heavy atom. The molecule has 0 N–H and O–H groups in total. The first-order valence-corrected chi connectivity index (χ1v) is 7.09. The second-order valence-corrected chi connectivity index (χ2v) is 5.49. The lowest BCUT2D eigenvalue weighted by molar-refractivity contribution is 0.0994. The van der Waals surface area contributed by atoms with E-state index in [2.05, 4.69) is 5.10 Å². The Hall–Kier alpha value is -1.13. The Balaban J connectivity index is 2.30. The smallest absolute Gasteiger partial charge is 0.179 e. The second kappa shape index (κ2) is 5.24. The molecular formula is C13H15ClN2OS. The number of hydrogen-bond acceptors (Lipinski definition) is 3. The molecule has 0 bridgehead atoms. The van der Waals surface area contributed by atoms with E-state index < -0.39 is 0 Å². The molecule has 0 radical (unpaired) electrons. The molecule has 3 nitrogen and oxygen atoms in total. The van der Waals surface area contributed by atoms with Crippen molar-refractivity contribution in [1.29, 1.82) is 0 Å². The van der Waals surface area contributed by atoms with Crippen LogP contribution in [0.3, 0.4) is 0 Å². The Labute approximate surface area is 115 Å². The maximum Gasteiger partial charge on any atom is 0.179 e. The van der Waals surface area contributed by atoms with Crippen molar-refractivity contribution in [2.45, 2.75) is 33.7 Å². The zero-order valence-electron chi connectivity index (χ0n) is 10.7. The molecular weight excluding hydrogens is 268 g/mol. The summed E-state index contributed by atoms with van der Waals surface area (Å²) in [6.45, 7) is 6.53. The maximum atomic E-state index is 12.2. The van der Waals surface area contributed by atoms with Crippen LogP contribution in [0, 0.1) is 13.8 Å². The number of carbonyl (C=O) groups excluding carboxylic acids is 1. The molecule has 2 aromatic rings. The average molecular weight is 283 g/mol. The molecule has 96 valence electrons. The molecule has 0 aliphatic carbocycles. The van der Waals surface area contributed by atoms with Crippen LogP contribution in [0.5, 0.6) is 0 Å². The summed E-state index contributed by atoms with van der Waals surface area (Å²) in [5, 5.41) is 6.87. The second-order valence-electron chi connectivity index (χ2n) is 4.19. The summed E-state index contributed by atoms with van der Waals surface area (Å²) in [6, 6.07) is 1.96. The number of halogens is 1. The van der Waals surface area contributed by atoms with Crippen LogP contribution in [0.2, 0.25) is 5.02 Å². The SMILES string of the molecule is CCn1nc(C)c(Cl)c1CC(=O)c1sccc1C. The lowest BCUT2D eigenvalue weighted by Gasteiger charge is -2.04. The summed E-state index contributed by atoms with van der Waals surface area (Å²) in [5.41, 5.74) is 2.62. The number of nitrogens with zero attached hydrogens (tertiary/aromatic N) is 2. The lowest BCUT2D eigenvalue weighted by atomic mass is 10.1. The minimum Gasteiger partial charge on any atom is -0.293 e. The fourth-order valence-electron chi connectivity index (χ4n) is 1.93. The minimum atomic E-state index is 0.110. The number of hydrogen-bond donors (Lipinski definition) is 0. The molecule has 0 aromatic carbocycles. The number of aryl methyl sites for hydroxylation is 3. The van der Waals surface area contributed by atoms with E-state index in [1.807, 2.05) is 32.2 Å². The van der Waals surface area contributed by atoms with E-state index >= 15 is 0 Å². The van der Waals surface area contributed by atoms with Crippen molar-refractivity contribution in [2.75, 3.05) is 0 Å². The van der Waals surface area contributed by atoms with E-state index in [-0.39, 0.29) is 5.78 Å². The average Bonchev–Trinajstić information content (AvgIpc) is 2.87. The largest absolute Gasteiger partial charge is 0.293 e. The molecule has 0 spiro atoms. The Kier molecular flexibility index (Phi) is 3.88. The van der Waals surface area contributed by atoms with Gasteiger partial charge in [-0.25, -0.2) is 0 Å². The first-order chi connectivity index (χ1) is 8.54. The van der Waals surface area contributed by atoms with Crippen molar-refractivity contribution in [2.24, 2.45) is 0 Å². The molecule has 0 aliphatic heterocycles. The van der Waals surface area contributed by atoms with E-state index in [1.165, 1.54) is 11.3 Å². The van der Waals surface area contributed by atoms with Gasteiger partial charge in [-0.3, -0.25) is 9.48 Å². The molecule has 2 rings (SSSR count). The first-order valence-electron chi connectivity index (χ1n) is 5.83. The summed E-state index contributed by atoms with van der Waals surface area (Å²) in [5.74, 6) is 0.110. The normalized spacial score (nSPS) is 10.9. The Morgan fingerprint density at radius 2 is 2.22 bits per heavy atom.